The summed E-state index contributed by atoms with van der Waals surface area (Å²) in [5, 5.41) is 2.99. The summed E-state index contributed by atoms with van der Waals surface area (Å²) < 4.78 is 28.5. The Kier molecular flexibility index (Phi) is 10.1. The third kappa shape index (κ3) is 7.11. The van der Waals surface area contributed by atoms with Crippen molar-refractivity contribution >= 4 is 39.1 Å². The monoisotopic (exact) mass is 541 g/mol. The van der Waals surface area contributed by atoms with Crippen LogP contribution >= 0.6 is 11.6 Å². The molecule has 3 rings (SSSR count). The van der Waals surface area contributed by atoms with Crippen LogP contribution in [0.5, 0.6) is 0 Å². The average molecular weight is 542 g/mol. The fraction of sp³-hybridized carbons (Fsp3) is 0.286. The fourth-order valence-electron chi connectivity index (χ4n) is 4.07. The molecule has 0 saturated carbocycles. The highest BCUT2D eigenvalue weighted by Crippen LogP contribution is 2.30. The van der Waals surface area contributed by atoms with Crippen LogP contribution in [0.4, 0.5) is 5.69 Å². The molecule has 1 atom stereocenters. The number of carbonyl (C=O) groups is 2. The van der Waals surface area contributed by atoms with Gasteiger partial charge in [0.05, 0.1) is 15.6 Å². The van der Waals surface area contributed by atoms with Crippen molar-refractivity contribution < 1.29 is 18.0 Å². The third-order valence-electron chi connectivity index (χ3n) is 5.95. The predicted molar refractivity (Wildman–Crippen MR) is 147 cm³/mol. The summed E-state index contributed by atoms with van der Waals surface area (Å²) in [5.41, 5.74) is 1.20. The van der Waals surface area contributed by atoms with Gasteiger partial charge in [-0.15, -0.1) is 0 Å². The summed E-state index contributed by atoms with van der Waals surface area (Å²) >= 11 is 6.40. The van der Waals surface area contributed by atoms with E-state index in [0.29, 0.717) is 19.4 Å². The van der Waals surface area contributed by atoms with E-state index in [1.54, 1.807) is 42.5 Å². The topological polar surface area (TPSA) is 86.8 Å². The Bertz CT molecular complexity index is 1290. The number of likely N-dealkylation sites (N-methyl/N-ethyl adjacent to an activating group) is 1. The lowest BCUT2D eigenvalue weighted by molar-refractivity contribution is -0.139. The van der Waals surface area contributed by atoms with Crippen LogP contribution < -0.4 is 9.62 Å². The molecule has 1 unspecified atom stereocenters. The van der Waals surface area contributed by atoms with Crippen LogP contribution in [0.1, 0.15) is 25.8 Å². The van der Waals surface area contributed by atoms with Crippen molar-refractivity contribution in [1.82, 2.24) is 10.2 Å². The van der Waals surface area contributed by atoms with E-state index in [-0.39, 0.29) is 28.1 Å². The molecule has 0 aliphatic heterocycles. The molecule has 196 valence electrons. The molecule has 0 radical (unpaired) electrons. The first-order valence-electron chi connectivity index (χ1n) is 12.2. The largest absolute Gasteiger partial charge is 0.355 e. The van der Waals surface area contributed by atoms with E-state index in [1.165, 1.54) is 17.0 Å². The molecule has 0 fully saturated rings. The summed E-state index contributed by atoms with van der Waals surface area (Å²) in [5.74, 6) is -0.768. The normalized spacial score (nSPS) is 12.0. The number of halogens is 1. The Morgan fingerprint density at radius 3 is 2.08 bits per heavy atom. The average Bonchev–Trinajstić information content (AvgIpc) is 2.91. The van der Waals surface area contributed by atoms with E-state index < -0.39 is 28.5 Å². The van der Waals surface area contributed by atoms with E-state index in [1.807, 2.05) is 44.2 Å². The van der Waals surface area contributed by atoms with Crippen LogP contribution in [0.3, 0.4) is 0 Å². The van der Waals surface area contributed by atoms with Gasteiger partial charge in [0.1, 0.15) is 12.6 Å². The number of para-hydroxylation sites is 1. The van der Waals surface area contributed by atoms with Crippen molar-refractivity contribution in [3.8, 4) is 0 Å². The number of amides is 2. The first kappa shape index (κ1) is 28.2. The van der Waals surface area contributed by atoms with Crippen LogP contribution in [0.15, 0.2) is 89.8 Å². The number of rotatable bonds is 12. The molecule has 0 aromatic heterocycles. The molecule has 37 heavy (non-hydrogen) atoms. The summed E-state index contributed by atoms with van der Waals surface area (Å²) in [6.07, 6.45) is 0.893. The van der Waals surface area contributed by atoms with Crippen LogP contribution in [0.25, 0.3) is 0 Å². The maximum absolute atomic E-state index is 13.8. The lowest BCUT2D eigenvalue weighted by atomic mass is 10.1. The second kappa shape index (κ2) is 13.3. The molecule has 0 saturated heterocycles. The molecule has 0 aliphatic rings. The van der Waals surface area contributed by atoms with Gasteiger partial charge in [-0.05, 0) is 49.6 Å². The number of nitrogens with one attached hydrogen (secondary N) is 1. The van der Waals surface area contributed by atoms with Gasteiger partial charge in [0.15, 0.2) is 0 Å². The zero-order valence-electron chi connectivity index (χ0n) is 21.0. The molecule has 3 aromatic rings. The van der Waals surface area contributed by atoms with Gasteiger partial charge in [0.25, 0.3) is 10.0 Å². The number of nitrogens with zero attached hydrogens (tertiary/aromatic N) is 2. The standard InChI is InChI=1S/C28H32ClN3O4S/c1-3-25(28(34)30-4-2)31(20-19-22-13-7-5-8-14-22)27(33)21-32(26-18-12-11-17-24(26)29)37(35,36)23-15-9-6-10-16-23/h5-18,25H,3-4,19-21H2,1-2H3,(H,30,34). The van der Waals surface area contributed by atoms with Crippen molar-refractivity contribution in [2.45, 2.75) is 37.6 Å². The quantitative estimate of drug-likeness (QED) is 0.365. The predicted octanol–water partition coefficient (Wildman–Crippen LogP) is 4.52. The Balaban J connectivity index is 2.00. The van der Waals surface area contributed by atoms with E-state index in [0.717, 1.165) is 9.87 Å². The Morgan fingerprint density at radius 2 is 1.49 bits per heavy atom. The zero-order valence-corrected chi connectivity index (χ0v) is 22.6. The van der Waals surface area contributed by atoms with E-state index in [2.05, 4.69) is 5.32 Å². The molecule has 1 N–H and O–H groups in total. The van der Waals surface area contributed by atoms with Gasteiger partial charge >= 0.3 is 0 Å². The fourth-order valence-corrected chi connectivity index (χ4v) is 5.82. The Morgan fingerprint density at radius 1 is 0.892 bits per heavy atom. The molecule has 7 nitrogen and oxygen atoms in total. The van der Waals surface area contributed by atoms with Gasteiger partial charge in [-0.2, -0.15) is 0 Å². The van der Waals surface area contributed by atoms with Crippen molar-refractivity contribution in [1.29, 1.82) is 0 Å². The molecule has 3 aromatic carbocycles. The van der Waals surface area contributed by atoms with Gasteiger partial charge < -0.3 is 10.2 Å². The molecular formula is C28H32ClN3O4S. The molecule has 0 spiro atoms. The Labute approximate surface area is 224 Å². The minimum Gasteiger partial charge on any atom is -0.355 e. The first-order chi connectivity index (χ1) is 17.8. The highest BCUT2D eigenvalue weighted by molar-refractivity contribution is 7.92. The first-order valence-corrected chi connectivity index (χ1v) is 14.0. The van der Waals surface area contributed by atoms with Gasteiger partial charge in [0, 0.05) is 13.1 Å². The number of hydrogen-bond donors (Lipinski definition) is 1. The minimum atomic E-state index is -4.13. The molecule has 0 bridgehead atoms. The summed E-state index contributed by atoms with van der Waals surface area (Å²) in [6, 6.07) is 23.3. The van der Waals surface area contributed by atoms with E-state index in [9.17, 15) is 18.0 Å². The zero-order chi connectivity index (χ0) is 26.8. The van der Waals surface area contributed by atoms with Crippen LogP contribution in [0.2, 0.25) is 5.02 Å². The molecule has 9 heteroatoms. The van der Waals surface area contributed by atoms with Crippen molar-refractivity contribution in [3.05, 3.63) is 95.5 Å². The van der Waals surface area contributed by atoms with Crippen molar-refractivity contribution in [3.63, 3.8) is 0 Å². The smallest absolute Gasteiger partial charge is 0.264 e. The molecular weight excluding hydrogens is 510 g/mol. The maximum atomic E-state index is 13.8. The molecule has 0 heterocycles. The lowest BCUT2D eigenvalue weighted by Crippen LogP contribution is -2.53. The number of sulfonamides is 1. The number of carbonyl (C=O) groups excluding carboxylic acids is 2. The van der Waals surface area contributed by atoms with Gasteiger partial charge in [-0.25, -0.2) is 8.42 Å². The van der Waals surface area contributed by atoms with Crippen molar-refractivity contribution in [2.24, 2.45) is 0 Å². The highest BCUT2D eigenvalue weighted by Gasteiger charge is 2.33. The maximum Gasteiger partial charge on any atom is 0.264 e. The highest BCUT2D eigenvalue weighted by atomic mass is 35.5. The van der Waals surface area contributed by atoms with Gasteiger partial charge in [-0.3, -0.25) is 13.9 Å². The number of benzene rings is 3. The van der Waals surface area contributed by atoms with Gasteiger partial charge in [-0.1, -0.05) is 79.2 Å². The van der Waals surface area contributed by atoms with E-state index in [4.69, 9.17) is 11.6 Å². The summed E-state index contributed by atoms with van der Waals surface area (Å²) in [7, 11) is -4.13. The second-order valence-electron chi connectivity index (χ2n) is 8.42. The molecule has 0 aliphatic carbocycles. The van der Waals surface area contributed by atoms with Crippen molar-refractivity contribution in [2.75, 3.05) is 23.9 Å². The second-order valence-corrected chi connectivity index (χ2v) is 10.7. The number of anilines is 1. The number of hydrogen-bond acceptors (Lipinski definition) is 4. The summed E-state index contributed by atoms with van der Waals surface area (Å²) in [4.78, 5) is 28.3. The van der Waals surface area contributed by atoms with Gasteiger partial charge in [0.2, 0.25) is 11.8 Å². The third-order valence-corrected chi connectivity index (χ3v) is 8.05. The minimum absolute atomic E-state index is 0.0364. The van der Waals surface area contributed by atoms with E-state index >= 15 is 0 Å². The van der Waals surface area contributed by atoms with Crippen LogP contribution in [-0.2, 0) is 26.0 Å². The van der Waals surface area contributed by atoms with Crippen LogP contribution in [0, 0.1) is 0 Å². The van der Waals surface area contributed by atoms with Crippen LogP contribution in [-0.4, -0.2) is 50.8 Å². The lowest BCUT2D eigenvalue weighted by Gasteiger charge is -2.33. The summed E-state index contributed by atoms with van der Waals surface area (Å²) in [6.45, 7) is 3.80. The molecule has 2 amide bonds. The Hall–Kier alpha value is -3.36. The SMILES string of the molecule is CCNC(=O)C(CC)N(CCc1ccccc1)C(=O)CN(c1ccccc1Cl)S(=O)(=O)c1ccccc1.